The lowest BCUT2D eigenvalue weighted by Crippen LogP contribution is -2.12. The molecule has 0 fully saturated rings. The van der Waals surface area contributed by atoms with Crippen molar-refractivity contribution in [1.82, 2.24) is 0 Å². The lowest BCUT2D eigenvalue weighted by molar-refractivity contribution is -0.143. The summed E-state index contributed by atoms with van der Waals surface area (Å²) in [7, 11) is 0. The molecule has 0 aliphatic carbocycles. The van der Waals surface area contributed by atoms with Gasteiger partial charge in [-0.3, -0.25) is 4.79 Å². The molecule has 0 bridgehead atoms. The van der Waals surface area contributed by atoms with E-state index in [9.17, 15) is 31.1 Å². The summed E-state index contributed by atoms with van der Waals surface area (Å²) in [5.74, 6) is 0.214. The van der Waals surface area contributed by atoms with Crippen molar-refractivity contribution in [2.24, 2.45) is 0 Å². The summed E-state index contributed by atoms with van der Waals surface area (Å²) in [5.41, 5.74) is -2.70. The third kappa shape index (κ3) is 4.50. The van der Waals surface area contributed by atoms with Gasteiger partial charge >= 0.3 is 12.4 Å². The van der Waals surface area contributed by atoms with Crippen molar-refractivity contribution in [2.75, 3.05) is 0 Å². The molecule has 24 heavy (non-hydrogen) atoms. The first kappa shape index (κ1) is 17.8. The Hall–Kier alpha value is -2.51. The van der Waals surface area contributed by atoms with Gasteiger partial charge in [-0.1, -0.05) is 0 Å². The van der Waals surface area contributed by atoms with Crippen molar-refractivity contribution in [2.45, 2.75) is 19.0 Å². The molecule has 2 aromatic rings. The van der Waals surface area contributed by atoms with Crippen LogP contribution in [0, 0.1) is 0 Å². The minimum absolute atomic E-state index is 0.0579. The van der Waals surface area contributed by atoms with Crippen LogP contribution in [0.3, 0.4) is 0 Å². The second kappa shape index (κ2) is 6.54. The highest BCUT2D eigenvalue weighted by molar-refractivity contribution is 5.74. The van der Waals surface area contributed by atoms with Crippen LogP contribution in [0.5, 0.6) is 5.75 Å². The molecule has 0 aliphatic rings. The van der Waals surface area contributed by atoms with Gasteiger partial charge < -0.3 is 4.74 Å². The van der Waals surface area contributed by atoms with Gasteiger partial charge in [-0.25, -0.2) is 0 Å². The van der Waals surface area contributed by atoms with Crippen molar-refractivity contribution in [3.63, 3.8) is 0 Å². The van der Waals surface area contributed by atoms with E-state index in [1.54, 1.807) is 0 Å². The van der Waals surface area contributed by atoms with Crippen molar-refractivity contribution < 1.29 is 35.9 Å². The number of rotatable bonds is 4. The normalized spacial score (nSPS) is 12.1. The molecule has 0 radical (unpaired) electrons. The maximum absolute atomic E-state index is 12.7. The van der Waals surface area contributed by atoms with Gasteiger partial charge in [0.1, 0.15) is 18.6 Å². The summed E-state index contributed by atoms with van der Waals surface area (Å²) in [6, 6.07) is 6.88. The summed E-state index contributed by atoms with van der Waals surface area (Å²) in [4.78, 5) is 10.5. The SMILES string of the molecule is O=Cc1ccc(OCc2cc(C(F)(F)F)cc(C(F)(F)F)c2)cc1. The highest BCUT2D eigenvalue weighted by Gasteiger charge is 2.36. The lowest BCUT2D eigenvalue weighted by atomic mass is 10.1. The van der Waals surface area contributed by atoms with Crippen molar-refractivity contribution >= 4 is 6.29 Å². The Morgan fingerprint density at radius 3 is 1.75 bits per heavy atom. The second-order valence-corrected chi connectivity index (χ2v) is 4.89. The van der Waals surface area contributed by atoms with Gasteiger partial charge in [0.15, 0.2) is 0 Å². The zero-order valence-electron chi connectivity index (χ0n) is 11.9. The number of ether oxygens (including phenoxy) is 1. The number of hydrogen-bond donors (Lipinski definition) is 0. The molecule has 0 saturated carbocycles. The van der Waals surface area contributed by atoms with E-state index < -0.39 is 30.1 Å². The number of carbonyl (C=O) groups is 1. The van der Waals surface area contributed by atoms with E-state index in [4.69, 9.17) is 4.74 Å². The molecule has 0 aromatic heterocycles. The molecule has 0 heterocycles. The standard InChI is InChI=1S/C16H10F6O2/c17-15(18,19)12-5-11(6-13(7-12)16(20,21)22)9-24-14-3-1-10(8-23)2-4-14/h1-8H,9H2. The summed E-state index contributed by atoms with van der Waals surface area (Å²) < 4.78 is 81.6. The van der Waals surface area contributed by atoms with Gasteiger partial charge in [0, 0.05) is 5.56 Å². The Bertz CT molecular complexity index is 685. The van der Waals surface area contributed by atoms with E-state index in [0.29, 0.717) is 24.0 Å². The minimum atomic E-state index is -4.90. The van der Waals surface area contributed by atoms with E-state index in [1.807, 2.05) is 0 Å². The lowest BCUT2D eigenvalue weighted by Gasteiger charge is -2.14. The molecule has 0 spiro atoms. The molecule has 0 aliphatic heterocycles. The smallest absolute Gasteiger partial charge is 0.416 e. The number of halogens is 6. The Labute approximate surface area is 132 Å². The van der Waals surface area contributed by atoms with Crippen LogP contribution in [-0.4, -0.2) is 6.29 Å². The molecule has 0 unspecified atom stereocenters. The van der Waals surface area contributed by atoms with Gasteiger partial charge in [-0.05, 0) is 48.0 Å². The van der Waals surface area contributed by atoms with E-state index >= 15 is 0 Å². The van der Waals surface area contributed by atoms with E-state index in [-0.39, 0.29) is 17.4 Å². The number of hydrogen-bond acceptors (Lipinski definition) is 2. The maximum Gasteiger partial charge on any atom is 0.416 e. The van der Waals surface area contributed by atoms with Crippen LogP contribution in [0.15, 0.2) is 42.5 Å². The van der Waals surface area contributed by atoms with Crippen molar-refractivity contribution in [1.29, 1.82) is 0 Å². The average Bonchev–Trinajstić information content (AvgIpc) is 2.51. The maximum atomic E-state index is 12.7. The van der Waals surface area contributed by atoms with Gasteiger partial charge in [-0.15, -0.1) is 0 Å². The first-order valence-corrected chi connectivity index (χ1v) is 6.56. The average molecular weight is 348 g/mol. The first-order chi connectivity index (χ1) is 11.1. The van der Waals surface area contributed by atoms with Crippen LogP contribution in [-0.2, 0) is 19.0 Å². The molecule has 8 heteroatoms. The van der Waals surface area contributed by atoms with Crippen LogP contribution < -0.4 is 4.74 Å². The number of benzene rings is 2. The van der Waals surface area contributed by atoms with Crippen LogP contribution in [0.2, 0.25) is 0 Å². The van der Waals surface area contributed by atoms with E-state index in [0.717, 1.165) is 0 Å². The molecule has 2 rings (SSSR count). The van der Waals surface area contributed by atoms with Gasteiger partial charge in [-0.2, -0.15) is 26.3 Å². The molecule has 0 N–H and O–H groups in total. The quantitative estimate of drug-likeness (QED) is 0.567. The zero-order valence-corrected chi connectivity index (χ0v) is 11.9. The molecular formula is C16H10F6O2. The number of aldehydes is 1. The summed E-state index contributed by atoms with van der Waals surface area (Å²) in [6.45, 7) is -0.479. The molecule has 2 nitrogen and oxygen atoms in total. The number of alkyl halides is 6. The fourth-order valence-electron chi connectivity index (χ4n) is 1.91. The summed E-state index contributed by atoms with van der Waals surface area (Å²) in [6.07, 6.45) is -9.21. The van der Waals surface area contributed by atoms with Gasteiger partial charge in [0.25, 0.3) is 0 Å². The fraction of sp³-hybridized carbons (Fsp3) is 0.188. The molecule has 128 valence electrons. The summed E-state index contributed by atoms with van der Waals surface area (Å²) >= 11 is 0. The van der Waals surface area contributed by atoms with Crippen LogP contribution in [0.4, 0.5) is 26.3 Å². The Kier molecular flexibility index (Phi) is 4.86. The highest BCUT2D eigenvalue weighted by Crippen LogP contribution is 2.36. The van der Waals surface area contributed by atoms with Gasteiger partial charge in [0.05, 0.1) is 11.1 Å². The fourth-order valence-corrected chi connectivity index (χ4v) is 1.91. The molecule has 0 atom stereocenters. The minimum Gasteiger partial charge on any atom is -0.489 e. The van der Waals surface area contributed by atoms with Crippen molar-refractivity contribution in [3.05, 3.63) is 64.7 Å². The Morgan fingerprint density at radius 2 is 1.33 bits per heavy atom. The summed E-state index contributed by atoms with van der Waals surface area (Å²) in [5, 5.41) is 0. The topological polar surface area (TPSA) is 26.3 Å². The third-order valence-electron chi connectivity index (χ3n) is 3.07. The predicted molar refractivity (Wildman–Crippen MR) is 72.6 cm³/mol. The first-order valence-electron chi connectivity index (χ1n) is 6.56. The van der Waals surface area contributed by atoms with Crippen molar-refractivity contribution in [3.8, 4) is 5.75 Å². The largest absolute Gasteiger partial charge is 0.489 e. The van der Waals surface area contributed by atoms with Crippen LogP contribution >= 0.6 is 0 Å². The zero-order chi connectivity index (χ0) is 18.0. The second-order valence-electron chi connectivity index (χ2n) is 4.89. The molecule has 2 aromatic carbocycles. The number of carbonyl (C=O) groups excluding carboxylic acids is 1. The monoisotopic (exact) mass is 348 g/mol. The third-order valence-corrected chi connectivity index (χ3v) is 3.07. The van der Waals surface area contributed by atoms with Gasteiger partial charge in [0.2, 0.25) is 0 Å². The highest BCUT2D eigenvalue weighted by atomic mass is 19.4. The van der Waals surface area contributed by atoms with E-state index in [2.05, 4.69) is 0 Å². The van der Waals surface area contributed by atoms with Crippen LogP contribution in [0.1, 0.15) is 27.0 Å². The Morgan fingerprint density at radius 1 is 0.833 bits per heavy atom. The molecule has 0 amide bonds. The Balaban J connectivity index is 2.26. The molecule has 0 saturated heterocycles. The molecular weight excluding hydrogens is 338 g/mol. The van der Waals surface area contributed by atoms with Crippen LogP contribution in [0.25, 0.3) is 0 Å². The van der Waals surface area contributed by atoms with E-state index in [1.165, 1.54) is 24.3 Å². The predicted octanol–water partition coefficient (Wildman–Crippen LogP) is 5.12.